The Morgan fingerprint density at radius 2 is 1.82 bits per heavy atom. The zero-order valence-electron chi connectivity index (χ0n) is 32.0. The van der Waals surface area contributed by atoms with Crippen LogP contribution in [0.3, 0.4) is 0 Å². The van der Waals surface area contributed by atoms with Gasteiger partial charge in [-0.2, -0.15) is 0 Å². The lowest BCUT2D eigenvalue weighted by Crippen LogP contribution is -2.67. The van der Waals surface area contributed by atoms with E-state index in [1.807, 2.05) is 36.4 Å². The highest BCUT2D eigenvalue weighted by Gasteiger charge is 2.69. The molecule has 312 valence electrons. The molecule has 11 atom stereocenters. The van der Waals surface area contributed by atoms with Crippen LogP contribution in [-0.4, -0.2) is 120 Å². The minimum Gasteiger partial charge on any atom is -0.508 e. The average molecular weight is 821 g/mol. The summed E-state index contributed by atoms with van der Waals surface area (Å²) in [5.41, 5.74) is 8.02. The molecular formula is C44H44N4O12. The number of anilines is 1. The van der Waals surface area contributed by atoms with Gasteiger partial charge in [0.2, 0.25) is 0 Å². The number of hydrogen-bond donors (Lipinski definition) is 9. The number of aliphatic imine (C=N–C) groups is 2. The van der Waals surface area contributed by atoms with E-state index in [1.165, 1.54) is 30.4 Å². The number of phenolic OH excluding ortho intramolecular Hbond substituents is 2. The van der Waals surface area contributed by atoms with E-state index in [1.54, 1.807) is 18.3 Å². The van der Waals surface area contributed by atoms with Crippen molar-refractivity contribution in [2.45, 2.75) is 72.6 Å². The standard InChI is InChI=1S/C44H44N4O12/c45-35-11-9-25-8-7-23-3-1-2-4-28(23)43(25,35)29-13-14-42(41(56)57)37(29)27-17-32(51)33(59-44(58)40(55)39(54)38(53)34(20-49)60-44)18-30(27)48(42)36(52)12-6-22-5-10-31(50)24(15-22)16-26-19-46-21-47-26/h1-8,10,12-15,17-19,25,29,34-35,37-40,49-51,53-55,58H,9,11,16,20-21,45H2,(H,56,57)/t25-,29+,34-,35-,37+,38-,39+,40-,42+,43-,44-/m1/s1. The van der Waals surface area contributed by atoms with Gasteiger partial charge in [0.25, 0.3) is 5.91 Å². The molecule has 0 radical (unpaired) electrons. The maximum atomic E-state index is 14.8. The first-order chi connectivity index (χ1) is 28.7. The fourth-order valence-electron chi connectivity index (χ4n) is 10.5. The number of fused-ring (bicyclic) bond motifs is 6. The summed E-state index contributed by atoms with van der Waals surface area (Å²) in [4.78, 5) is 38.3. The molecule has 9 rings (SSSR count). The van der Waals surface area contributed by atoms with Gasteiger partial charge in [0.15, 0.2) is 23.1 Å². The highest BCUT2D eigenvalue weighted by molar-refractivity contribution is 6.32. The monoisotopic (exact) mass is 820 g/mol. The van der Waals surface area contributed by atoms with Crippen LogP contribution in [-0.2, 0) is 26.2 Å². The summed E-state index contributed by atoms with van der Waals surface area (Å²) in [5, 5.41) is 86.4. The van der Waals surface area contributed by atoms with Crippen LogP contribution in [0, 0.1) is 11.8 Å². The van der Waals surface area contributed by atoms with E-state index in [0.717, 1.165) is 28.5 Å². The SMILES string of the molecule is N[C@@H]1CC[C@H]2C=Cc3ccccc3[C@]12[C@H]1C=C[C@@]2(C(=O)O)[C@H]1c1cc(O)c(O[C@@]3(O)O[C@H](CO)[C@@H](O)[C@H](O)[C@H]3O)cc1N2C(=O)C=Cc1ccc(O)c(CC2=NCN=C2)c1. The number of nitrogens with zero attached hydrogens (tertiary/aromatic N) is 3. The van der Waals surface area contributed by atoms with E-state index in [0.29, 0.717) is 29.9 Å². The number of benzene rings is 3. The lowest BCUT2D eigenvalue weighted by atomic mass is 9.55. The van der Waals surface area contributed by atoms with Crippen LogP contribution < -0.4 is 15.4 Å². The van der Waals surface area contributed by atoms with Crippen LogP contribution in [0.5, 0.6) is 17.2 Å². The summed E-state index contributed by atoms with van der Waals surface area (Å²) < 4.78 is 10.9. The van der Waals surface area contributed by atoms with E-state index in [-0.39, 0.29) is 29.3 Å². The van der Waals surface area contributed by atoms with Crippen LogP contribution >= 0.6 is 0 Å². The Bertz CT molecular complexity index is 2430. The minimum absolute atomic E-state index is 0.0140. The largest absolute Gasteiger partial charge is 0.508 e. The zero-order valence-corrected chi connectivity index (χ0v) is 32.0. The fourth-order valence-corrected chi connectivity index (χ4v) is 10.5. The second-order valence-electron chi connectivity index (χ2n) is 16.2. The van der Waals surface area contributed by atoms with Crippen molar-refractivity contribution < 1.29 is 59.9 Å². The van der Waals surface area contributed by atoms with Crippen LogP contribution in [0.25, 0.3) is 12.2 Å². The first-order valence-corrected chi connectivity index (χ1v) is 19.7. The first kappa shape index (κ1) is 39.7. The summed E-state index contributed by atoms with van der Waals surface area (Å²) in [6, 6.07) is 14.5. The molecule has 1 saturated carbocycles. The number of hydrogen-bond acceptors (Lipinski definition) is 14. The highest BCUT2D eigenvalue weighted by Crippen LogP contribution is 2.66. The van der Waals surface area contributed by atoms with Crippen molar-refractivity contribution in [3.05, 3.63) is 107 Å². The lowest BCUT2D eigenvalue weighted by molar-refractivity contribution is -0.422. The van der Waals surface area contributed by atoms with Gasteiger partial charge in [0, 0.05) is 47.7 Å². The summed E-state index contributed by atoms with van der Waals surface area (Å²) >= 11 is 0. The van der Waals surface area contributed by atoms with Crippen LogP contribution in [0.2, 0.25) is 0 Å². The Kier molecular flexibility index (Phi) is 9.59. The Balaban J connectivity index is 1.18. The number of carbonyl (C=O) groups excluding carboxylic acids is 1. The Morgan fingerprint density at radius 3 is 2.57 bits per heavy atom. The zero-order chi connectivity index (χ0) is 42.3. The molecule has 3 aliphatic heterocycles. The number of allylic oxidation sites excluding steroid dienone is 2. The quantitative estimate of drug-likeness (QED) is 0.0843. The molecule has 3 heterocycles. The van der Waals surface area contributed by atoms with Gasteiger partial charge < -0.3 is 56.1 Å². The number of rotatable bonds is 9. The number of aliphatic hydroxyl groups is 5. The molecule has 3 aromatic rings. The molecule has 1 saturated heterocycles. The normalized spacial score (nSPS) is 34.7. The van der Waals surface area contributed by atoms with E-state index in [4.69, 9.17) is 15.2 Å². The molecule has 0 bridgehead atoms. The summed E-state index contributed by atoms with van der Waals surface area (Å²) in [5.74, 6) is -8.27. The Labute approximate surface area is 343 Å². The van der Waals surface area contributed by atoms with Gasteiger partial charge in [-0.15, -0.1) is 0 Å². The molecular weight excluding hydrogens is 776 g/mol. The van der Waals surface area contributed by atoms with Crippen molar-refractivity contribution in [2.75, 3.05) is 18.2 Å². The van der Waals surface area contributed by atoms with Crippen molar-refractivity contribution in [3.8, 4) is 17.2 Å². The number of aliphatic carboxylic acids is 1. The molecule has 16 nitrogen and oxygen atoms in total. The van der Waals surface area contributed by atoms with Crippen molar-refractivity contribution >= 4 is 41.6 Å². The third kappa shape index (κ3) is 5.78. The molecule has 0 spiro atoms. The predicted molar refractivity (Wildman–Crippen MR) is 216 cm³/mol. The van der Waals surface area contributed by atoms with Crippen LogP contribution in [0.4, 0.5) is 5.69 Å². The first-order valence-electron chi connectivity index (χ1n) is 19.7. The molecule has 60 heavy (non-hydrogen) atoms. The number of ether oxygens (including phenoxy) is 2. The predicted octanol–water partition coefficient (Wildman–Crippen LogP) is 1.48. The van der Waals surface area contributed by atoms with E-state index >= 15 is 0 Å². The second kappa shape index (κ2) is 14.5. The third-order valence-corrected chi connectivity index (χ3v) is 13.2. The summed E-state index contributed by atoms with van der Waals surface area (Å²) in [7, 11) is 0. The topological polar surface area (TPSA) is 268 Å². The van der Waals surface area contributed by atoms with Crippen molar-refractivity contribution in [2.24, 2.45) is 27.6 Å². The number of aromatic hydroxyl groups is 2. The van der Waals surface area contributed by atoms with E-state index in [9.17, 15) is 50.4 Å². The average Bonchev–Trinajstić information content (AvgIpc) is 4.03. The van der Waals surface area contributed by atoms with Crippen molar-refractivity contribution in [1.29, 1.82) is 0 Å². The van der Waals surface area contributed by atoms with Gasteiger partial charge in [0.1, 0.15) is 30.7 Å². The molecule has 16 heteroatoms. The maximum Gasteiger partial charge on any atom is 0.355 e. The third-order valence-electron chi connectivity index (χ3n) is 13.2. The number of carboxylic acids is 1. The minimum atomic E-state index is -3.14. The highest BCUT2D eigenvalue weighted by atomic mass is 16.8. The number of carbonyl (C=O) groups is 2. The number of phenols is 2. The maximum absolute atomic E-state index is 14.8. The van der Waals surface area contributed by atoms with Gasteiger partial charge >= 0.3 is 11.9 Å². The van der Waals surface area contributed by atoms with E-state index < -0.39 is 89.2 Å². The second-order valence-corrected chi connectivity index (χ2v) is 16.2. The molecule has 3 aromatic carbocycles. The molecule has 0 aromatic heterocycles. The van der Waals surface area contributed by atoms with Gasteiger partial charge in [0.05, 0.1) is 18.0 Å². The molecule has 2 fully saturated rings. The van der Waals surface area contributed by atoms with Crippen LogP contribution in [0.15, 0.2) is 88.9 Å². The van der Waals surface area contributed by atoms with Gasteiger partial charge in [-0.05, 0) is 71.2 Å². The molecule has 1 amide bonds. The molecule has 3 aliphatic carbocycles. The Hall–Kier alpha value is -5.72. The summed E-state index contributed by atoms with van der Waals surface area (Å²) in [6.07, 6.45) is 5.61. The van der Waals surface area contributed by atoms with Crippen molar-refractivity contribution in [1.82, 2.24) is 0 Å². The smallest absolute Gasteiger partial charge is 0.355 e. The number of carboxylic acid groups (broad SMARTS) is 1. The van der Waals surface area contributed by atoms with Gasteiger partial charge in [-0.3, -0.25) is 19.7 Å². The van der Waals surface area contributed by atoms with Crippen molar-refractivity contribution in [3.63, 3.8) is 0 Å². The fraction of sp³-hybridized carbons (Fsp3) is 0.364. The number of nitrogens with two attached hydrogens (primary N) is 1. The van der Waals surface area contributed by atoms with E-state index in [2.05, 4.69) is 16.1 Å². The van der Waals surface area contributed by atoms with Gasteiger partial charge in [-0.1, -0.05) is 54.6 Å². The Morgan fingerprint density at radius 1 is 1.02 bits per heavy atom. The lowest BCUT2D eigenvalue weighted by Gasteiger charge is -2.49. The number of amides is 1. The van der Waals surface area contributed by atoms with Gasteiger partial charge in [-0.25, -0.2) is 4.79 Å². The summed E-state index contributed by atoms with van der Waals surface area (Å²) in [6.45, 7) is -0.599. The number of aliphatic hydroxyl groups excluding tert-OH is 4. The molecule has 0 unspecified atom stereocenters. The molecule has 10 N–H and O–H groups in total. The molecule has 6 aliphatic rings. The van der Waals surface area contributed by atoms with Crippen LogP contribution in [0.1, 0.15) is 46.6 Å².